The molecule has 2 rings (SSSR count). The highest BCUT2D eigenvalue weighted by atomic mass is 16.3. The third-order valence-electron chi connectivity index (χ3n) is 3.51. The maximum Gasteiger partial charge on any atom is 0.140 e. The average Bonchev–Trinajstić information content (AvgIpc) is 2.23. The van der Waals surface area contributed by atoms with E-state index in [-0.39, 0.29) is 11.7 Å². The first kappa shape index (κ1) is 10.8. The van der Waals surface area contributed by atoms with Gasteiger partial charge in [0.05, 0.1) is 6.10 Å². The lowest BCUT2D eigenvalue weighted by molar-refractivity contribution is -0.124. The number of ketones is 1. The molecule has 0 aromatic carbocycles. The van der Waals surface area contributed by atoms with Crippen molar-refractivity contribution in [3.63, 3.8) is 0 Å². The Morgan fingerprint density at radius 1 is 1.20 bits per heavy atom. The number of rotatable bonds is 1. The zero-order chi connectivity index (χ0) is 10.8. The van der Waals surface area contributed by atoms with E-state index >= 15 is 0 Å². The molecule has 1 unspecified atom stereocenters. The second-order valence-corrected chi connectivity index (χ2v) is 4.56. The topological polar surface area (TPSA) is 57.5 Å². The third kappa shape index (κ3) is 2.13. The van der Waals surface area contributed by atoms with Gasteiger partial charge in [0.2, 0.25) is 0 Å². The number of carbonyl (C=O) groups excluding carboxylic acids is 1. The van der Waals surface area contributed by atoms with Crippen molar-refractivity contribution in [1.82, 2.24) is 0 Å². The van der Waals surface area contributed by atoms with Crippen LogP contribution in [0.4, 0.5) is 0 Å². The van der Waals surface area contributed by atoms with Gasteiger partial charge < -0.3 is 10.2 Å². The van der Waals surface area contributed by atoms with Crippen LogP contribution in [-0.2, 0) is 4.79 Å². The Kier molecular flexibility index (Phi) is 3.22. The van der Waals surface area contributed by atoms with Crippen LogP contribution >= 0.6 is 0 Å². The fourth-order valence-corrected chi connectivity index (χ4v) is 2.61. The molecule has 3 atom stereocenters. The lowest BCUT2D eigenvalue weighted by atomic mass is 9.77. The first-order valence-electron chi connectivity index (χ1n) is 5.79. The van der Waals surface area contributed by atoms with E-state index in [9.17, 15) is 15.0 Å². The van der Waals surface area contributed by atoms with Gasteiger partial charge in [-0.3, -0.25) is 4.79 Å². The Labute approximate surface area is 89.8 Å². The summed E-state index contributed by atoms with van der Waals surface area (Å²) < 4.78 is 0. The minimum absolute atomic E-state index is 0.122. The standard InChI is InChI=1S/C12H18O3/c13-10-6-2-1-4-8(10)9-5-3-7-11(14)12(9)15/h5,8,11-12,14-15H,1-4,6-7H2/t8?,11-,12+/m0/s1. The summed E-state index contributed by atoms with van der Waals surface area (Å²) in [6.45, 7) is 0. The maximum atomic E-state index is 11.7. The van der Waals surface area contributed by atoms with Gasteiger partial charge in [-0.15, -0.1) is 0 Å². The van der Waals surface area contributed by atoms with Gasteiger partial charge in [0.15, 0.2) is 0 Å². The monoisotopic (exact) mass is 210 g/mol. The number of aliphatic hydroxyl groups is 2. The molecule has 1 fully saturated rings. The summed E-state index contributed by atoms with van der Waals surface area (Å²) in [5.41, 5.74) is 0.776. The minimum atomic E-state index is -0.814. The maximum absolute atomic E-state index is 11.7. The molecule has 0 saturated heterocycles. The molecule has 1 saturated carbocycles. The Morgan fingerprint density at radius 2 is 2.00 bits per heavy atom. The smallest absolute Gasteiger partial charge is 0.140 e. The number of aliphatic hydroxyl groups excluding tert-OH is 2. The molecule has 3 heteroatoms. The van der Waals surface area contributed by atoms with Crippen molar-refractivity contribution < 1.29 is 15.0 Å². The summed E-state index contributed by atoms with van der Waals surface area (Å²) in [5.74, 6) is 0.115. The van der Waals surface area contributed by atoms with Crippen molar-refractivity contribution in [3.05, 3.63) is 11.6 Å². The molecule has 15 heavy (non-hydrogen) atoms. The molecule has 0 aliphatic heterocycles. The van der Waals surface area contributed by atoms with E-state index in [1.54, 1.807) is 0 Å². The molecule has 0 radical (unpaired) electrons. The van der Waals surface area contributed by atoms with E-state index in [0.717, 1.165) is 31.3 Å². The van der Waals surface area contributed by atoms with Crippen LogP contribution in [0.5, 0.6) is 0 Å². The molecule has 0 spiro atoms. The molecular formula is C12H18O3. The molecule has 84 valence electrons. The van der Waals surface area contributed by atoms with E-state index in [4.69, 9.17) is 0 Å². The third-order valence-corrected chi connectivity index (χ3v) is 3.51. The summed E-state index contributed by atoms with van der Waals surface area (Å²) in [5, 5.41) is 19.4. The number of Topliss-reactive ketones (excluding diaryl/α,β-unsaturated/α-hetero) is 1. The molecule has 0 aromatic heterocycles. The highest BCUT2D eigenvalue weighted by Gasteiger charge is 2.33. The van der Waals surface area contributed by atoms with Crippen molar-refractivity contribution >= 4 is 5.78 Å². The van der Waals surface area contributed by atoms with Crippen molar-refractivity contribution in [3.8, 4) is 0 Å². The molecule has 0 amide bonds. The van der Waals surface area contributed by atoms with Crippen LogP contribution in [0.1, 0.15) is 38.5 Å². The molecule has 2 aliphatic rings. The van der Waals surface area contributed by atoms with Crippen LogP contribution in [0.25, 0.3) is 0 Å². The number of allylic oxidation sites excluding steroid dienone is 1. The van der Waals surface area contributed by atoms with Crippen LogP contribution in [-0.4, -0.2) is 28.2 Å². The van der Waals surface area contributed by atoms with Gasteiger partial charge in [0.1, 0.15) is 11.9 Å². The van der Waals surface area contributed by atoms with Crippen molar-refractivity contribution in [2.75, 3.05) is 0 Å². The average molecular weight is 210 g/mol. The van der Waals surface area contributed by atoms with Crippen LogP contribution in [0.3, 0.4) is 0 Å². The summed E-state index contributed by atoms with van der Waals surface area (Å²) >= 11 is 0. The quantitative estimate of drug-likeness (QED) is 0.639. The predicted octanol–water partition coefficient (Wildman–Crippen LogP) is 1.19. The Bertz CT molecular complexity index is 283. The lowest BCUT2D eigenvalue weighted by Gasteiger charge is -2.31. The van der Waals surface area contributed by atoms with E-state index in [1.165, 1.54) is 0 Å². The minimum Gasteiger partial charge on any atom is -0.390 e. The first-order chi connectivity index (χ1) is 7.20. The Hall–Kier alpha value is -0.670. The van der Waals surface area contributed by atoms with Gasteiger partial charge in [-0.25, -0.2) is 0 Å². The molecule has 2 aliphatic carbocycles. The first-order valence-corrected chi connectivity index (χ1v) is 5.79. The van der Waals surface area contributed by atoms with Crippen LogP contribution < -0.4 is 0 Å². The van der Waals surface area contributed by atoms with Gasteiger partial charge in [0, 0.05) is 12.3 Å². The molecule has 0 heterocycles. The van der Waals surface area contributed by atoms with Crippen LogP contribution in [0.2, 0.25) is 0 Å². The zero-order valence-corrected chi connectivity index (χ0v) is 8.85. The second-order valence-electron chi connectivity index (χ2n) is 4.56. The van der Waals surface area contributed by atoms with Gasteiger partial charge in [-0.1, -0.05) is 12.5 Å². The molecule has 0 aromatic rings. The normalized spacial score (nSPS) is 37.6. The molecule has 2 N–H and O–H groups in total. The molecule has 0 bridgehead atoms. The van der Waals surface area contributed by atoms with E-state index in [1.807, 2.05) is 6.08 Å². The Balaban J connectivity index is 2.14. The highest BCUT2D eigenvalue weighted by Crippen LogP contribution is 2.33. The van der Waals surface area contributed by atoms with Gasteiger partial charge in [-0.2, -0.15) is 0 Å². The zero-order valence-electron chi connectivity index (χ0n) is 8.85. The SMILES string of the molecule is O=C1CCCCC1C1=CCC[C@H](O)[C@@H]1O. The van der Waals surface area contributed by atoms with Crippen molar-refractivity contribution in [1.29, 1.82) is 0 Å². The largest absolute Gasteiger partial charge is 0.390 e. The van der Waals surface area contributed by atoms with Crippen molar-refractivity contribution in [2.24, 2.45) is 5.92 Å². The van der Waals surface area contributed by atoms with E-state index < -0.39 is 12.2 Å². The number of carbonyl (C=O) groups is 1. The fraction of sp³-hybridized carbons (Fsp3) is 0.750. The Morgan fingerprint density at radius 3 is 2.73 bits per heavy atom. The summed E-state index contributed by atoms with van der Waals surface area (Å²) in [6, 6.07) is 0. The fourth-order valence-electron chi connectivity index (χ4n) is 2.61. The predicted molar refractivity (Wildman–Crippen MR) is 56.3 cm³/mol. The van der Waals surface area contributed by atoms with Crippen LogP contribution in [0.15, 0.2) is 11.6 Å². The van der Waals surface area contributed by atoms with E-state index in [0.29, 0.717) is 12.8 Å². The van der Waals surface area contributed by atoms with Gasteiger partial charge in [0.25, 0.3) is 0 Å². The number of hydrogen-bond acceptors (Lipinski definition) is 3. The summed E-state index contributed by atoms with van der Waals surface area (Å²) in [4.78, 5) is 11.7. The van der Waals surface area contributed by atoms with E-state index in [2.05, 4.69) is 0 Å². The number of hydrogen-bond donors (Lipinski definition) is 2. The summed E-state index contributed by atoms with van der Waals surface area (Å²) in [6.07, 6.45) is 5.33. The summed E-state index contributed by atoms with van der Waals surface area (Å²) in [7, 11) is 0. The molecule has 3 nitrogen and oxygen atoms in total. The van der Waals surface area contributed by atoms with Gasteiger partial charge in [-0.05, 0) is 31.3 Å². The second kappa shape index (κ2) is 4.45. The highest BCUT2D eigenvalue weighted by molar-refractivity contribution is 5.84. The van der Waals surface area contributed by atoms with Crippen LogP contribution in [0, 0.1) is 5.92 Å². The van der Waals surface area contributed by atoms with Crippen molar-refractivity contribution in [2.45, 2.75) is 50.7 Å². The van der Waals surface area contributed by atoms with Gasteiger partial charge >= 0.3 is 0 Å². The lowest BCUT2D eigenvalue weighted by Crippen LogP contribution is -2.36. The molecular weight excluding hydrogens is 192 g/mol.